The molecule has 0 bridgehead atoms. The van der Waals surface area contributed by atoms with E-state index in [0.29, 0.717) is 16.4 Å². The zero-order valence-corrected chi connectivity index (χ0v) is 19.4. The molecule has 0 aliphatic carbocycles. The summed E-state index contributed by atoms with van der Waals surface area (Å²) in [5.74, 6) is -1.02. The van der Waals surface area contributed by atoms with Gasteiger partial charge in [-0.15, -0.1) is 0 Å². The summed E-state index contributed by atoms with van der Waals surface area (Å²) in [7, 11) is 1.46. The minimum Gasteiger partial charge on any atom is -0.331 e. The summed E-state index contributed by atoms with van der Waals surface area (Å²) in [5.41, 5.74) is 3.97. The molecule has 0 saturated heterocycles. The zero-order chi connectivity index (χ0) is 23.6. The number of aromatic nitrogens is 2. The van der Waals surface area contributed by atoms with Crippen molar-refractivity contribution < 1.29 is 9.59 Å². The number of anilines is 1. The maximum atomic E-state index is 12.9. The van der Waals surface area contributed by atoms with Gasteiger partial charge in [-0.05, 0) is 51.0 Å². The summed E-state index contributed by atoms with van der Waals surface area (Å²) < 4.78 is 1.45. The molecule has 2 amide bonds. The molecule has 2 aromatic carbocycles. The first kappa shape index (κ1) is 23.2. The van der Waals surface area contributed by atoms with Gasteiger partial charge in [-0.1, -0.05) is 41.4 Å². The Hall–Kier alpha value is -3.45. The molecule has 0 atom stereocenters. The molecular weight excluding hydrogens is 428 g/mol. The van der Waals surface area contributed by atoms with Gasteiger partial charge in [-0.25, -0.2) is 4.68 Å². The number of nitrogens with one attached hydrogen (secondary N) is 1. The van der Waals surface area contributed by atoms with Crippen molar-refractivity contribution in [1.82, 2.24) is 14.7 Å². The standard InChI is InChI=1S/C24H25ClN4O3/c1-14-10-15(2)22(16(3)11-14)26-21(31)13-28(5)24(32)23-20(30)12-17(4)29(27-23)19-9-7-6-8-18(19)25/h6-12H,13H2,1-5H3,(H,26,31). The molecule has 0 aliphatic rings. The van der Waals surface area contributed by atoms with Crippen LogP contribution in [0.25, 0.3) is 5.69 Å². The van der Waals surface area contributed by atoms with E-state index in [1.54, 1.807) is 31.2 Å². The largest absolute Gasteiger partial charge is 0.331 e. The van der Waals surface area contributed by atoms with Gasteiger partial charge in [0.05, 0.1) is 17.3 Å². The molecule has 8 heteroatoms. The summed E-state index contributed by atoms with van der Waals surface area (Å²) >= 11 is 6.26. The summed E-state index contributed by atoms with van der Waals surface area (Å²) in [4.78, 5) is 39.2. The molecule has 0 unspecified atom stereocenters. The third kappa shape index (κ3) is 4.89. The van der Waals surface area contributed by atoms with Crippen molar-refractivity contribution in [2.45, 2.75) is 27.7 Å². The Labute approximate surface area is 191 Å². The van der Waals surface area contributed by atoms with Gasteiger partial charge >= 0.3 is 0 Å². The Morgan fingerprint density at radius 2 is 1.69 bits per heavy atom. The lowest BCUT2D eigenvalue weighted by atomic mass is 10.1. The Morgan fingerprint density at radius 1 is 1.06 bits per heavy atom. The number of aryl methyl sites for hydroxylation is 4. The lowest BCUT2D eigenvalue weighted by Gasteiger charge is -2.19. The third-order valence-electron chi connectivity index (χ3n) is 5.06. The van der Waals surface area contributed by atoms with Crippen molar-refractivity contribution in [2.24, 2.45) is 0 Å². The van der Waals surface area contributed by atoms with Gasteiger partial charge in [-0.2, -0.15) is 5.10 Å². The average molecular weight is 453 g/mol. The maximum absolute atomic E-state index is 12.9. The second-order valence-electron chi connectivity index (χ2n) is 7.84. The van der Waals surface area contributed by atoms with Gasteiger partial charge in [0, 0.05) is 24.5 Å². The van der Waals surface area contributed by atoms with Crippen molar-refractivity contribution in [3.63, 3.8) is 0 Å². The van der Waals surface area contributed by atoms with Crippen LogP contribution in [0, 0.1) is 27.7 Å². The lowest BCUT2D eigenvalue weighted by Crippen LogP contribution is -2.38. The van der Waals surface area contributed by atoms with E-state index in [1.165, 1.54) is 22.7 Å². The number of hydrogen-bond donors (Lipinski definition) is 1. The fourth-order valence-corrected chi connectivity index (χ4v) is 3.80. The highest BCUT2D eigenvalue weighted by atomic mass is 35.5. The van der Waals surface area contributed by atoms with E-state index in [4.69, 9.17) is 11.6 Å². The first-order chi connectivity index (χ1) is 15.1. The van der Waals surface area contributed by atoms with Gasteiger partial charge in [-0.3, -0.25) is 14.4 Å². The number of halogens is 1. The van der Waals surface area contributed by atoms with Crippen LogP contribution in [0.5, 0.6) is 0 Å². The number of rotatable bonds is 5. The Kier molecular flexibility index (Phi) is 6.79. The van der Waals surface area contributed by atoms with Crippen LogP contribution in [0.4, 0.5) is 5.69 Å². The lowest BCUT2D eigenvalue weighted by molar-refractivity contribution is -0.116. The molecular formula is C24H25ClN4O3. The van der Waals surface area contributed by atoms with Crippen LogP contribution >= 0.6 is 11.6 Å². The van der Waals surface area contributed by atoms with Crippen LogP contribution in [0.3, 0.4) is 0 Å². The quantitative estimate of drug-likeness (QED) is 0.637. The molecule has 0 spiro atoms. The van der Waals surface area contributed by atoms with Crippen LogP contribution in [0.2, 0.25) is 5.02 Å². The number of para-hydroxylation sites is 1. The molecule has 166 valence electrons. The number of carbonyl (C=O) groups excluding carboxylic acids is 2. The predicted octanol–water partition coefficient (Wildman–Crippen LogP) is 3.83. The highest BCUT2D eigenvalue weighted by molar-refractivity contribution is 6.32. The molecule has 1 heterocycles. The molecule has 0 radical (unpaired) electrons. The van der Waals surface area contributed by atoms with Gasteiger partial charge in [0.15, 0.2) is 5.69 Å². The molecule has 7 nitrogen and oxygen atoms in total. The Morgan fingerprint density at radius 3 is 2.31 bits per heavy atom. The van der Waals surface area contributed by atoms with E-state index in [9.17, 15) is 14.4 Å². The molecule has 0 saturated carbocycles. The minimum absolute atomic E-state index is 0.229. The number of hydrogen-bond acceptors (Lipinski definition) is 4. The number of nitrogens with zero attached hydrogens (tertiary/aromatic N) is 3. The van der Waals surface area contributed by atoms with E-state index >= 15 is 0 Å². The van der Waals surface area contributed by atoms with Crippen LogP contribution < -0.4 is 10.7 Å². The Bertz CT molecular complexity index is 1240. The maximum Gasteiger partial charge on any atom is 0.278 e. The molecule has 0 aliphatic heterocycles. The fourth-order valence-electron chi connectivity index (χ4n) is 3.59. The van der Waals surface area contributed by atoms with Crippen molar-refractivity contribution in [3.8, 4) is 5.69 Å². The highest BCUT2D eigenvalue weighted by Gasteiger charge is 2.22. The van der Waals surface area contributed by atoms with E-state index < -0.39 is 11.3 Å². The van der Waals surface area contributed by atoms with Gasteiger partial charge in [0.1, 0.15) is 0 Å². The van der Waals surface area contributed by atoms with Crippen molar-refractivity contribution >= 4 is 29.1 Å². The summed E-state index contributed by atoms with van der Waals surface area (Å²) in [6.45, 7) is 7.29. The predicted molar refractivity (Wildman–Crippen MR) is 126 cm³/mol. The molecule has 3 aromatic rings. The minimum atomic E-state index is -0.650. The zero-order valence-electron chi connectivity index (χ0n) is 18.7. The van der Waals surface area contributed by atoms with Crippen LogP contribution in [-0.2, 0) is 4.79 Å². The molecule has 0 fully saturated rings. The molecule has 1 N–H and O–H groups in total. The summed E-state index contributed by atoms with van der Waals surface area (Å²) in [6.07, 6.45) is 0. The van der Waals surface area contributed by atoms with Crippen molar-refractivity contribution in [1.29, 1.82) is 0 Å². The van der Waals surface area contributed by atoms with E-state index in [2.05, 4.69) is 10.4 Å². The molecule has 1 aromatic heterocycles. The van der Waals surface area contributed by atoms with E-state index in [1.807, 2.05) is 32.9 Å². The van der Waals surface area contributed by atoms with Crippen LogP contribution in [0.15, 0.2) is 47.3 Å². The topological polar surface area (TPSA) is 84.3 Å². The summed E-state index contributed by atoms with van der Waals surface area (Å²) in [5, 5.41) is 7.54. The monoisotopic (exact) mass is 452 g/mol. The van der Waals surface area contributed by atoms with E-state index in [0.717, 1.165) is 22.4 Å². The highest BCUT2D eigenvalue weighted by Crippen LogP contribution is 2.22. The SMILES string of the molecule is Cc1cc(C)c(NC(=O)CN(C)C(=O)c2nn(-c3ccccc3Cl)c(C)cc2=O)c(C)c1. The third-order valence-corrected chi connectivity index (χ3v) is 5.38. The van der Waals surface area contributed by atoms with Crippen molar-refractivity contribution in [3.05, 3.63) is 85.8 Å². The molecule has 3 rings (SSSR count). The summed E-state index contributed by atoms with van der Waals surface area (Å²) in [6, 6.07) is 12.3. The normalized spacial score (nSPS) is 10.7. The number of carbonyl (C=O) groups is 2. The number of benzene rings is 2. The first-order valence-corrected chi connectivity index (χ1v) is 10.5. The van der Waals surface area contributed by atoms with Gasteiger partial charge in [0.25, 0.3) is 5.91 Å². The molecule has 32 heavy (non-hydrogen) atoms. The van der Waals surface area contributed by atoms with Crippen molar-refractivity contribution in [2.75, 3.05) is 18.9 Å². The van der Waals surface area contributed by atoms with E-state index in [-0.39, 0.29) is 18.1 Å². The van der Waals surface area contributed by atoms with Crippen LogP contribution in [0.1, 0.15) is 32.9 Å². The second kappa shape index (κ2) is 9.36. The van der Waals surface area contributed by atoms with Gasteiger partial charge < -0.3 is 10.2 Å². The Balaban J connectivity index is 1.83. The number of amides is 2. The smallest absolute Gasteiger partial charge is 0.278 e. The average Bonchev–Trinajstić information content (AvgIpc) is 2.71. The fraction of sp³-hybridized carbons (Fsp3) is 0.250. The first-order valence-electron chi connectivity index (χ1n) is 10.1. The van der Waals surface area contributed by atoms with Gasteiger partial charge in [0.2, 0.25) is 11.3 Å². The number of likely N-dealkylation sites (N-methyl/N-ethyl adjacent to an activating group) is 1. The van der Waals surface area contributed by atoms with Crippen LogP contribution in [-0.4, -0.2) is 40.1 Å². The second-order valence-corrected chi connectivity index (χ2v) is 8.25.